The molecule has 1 saturated carbocycles. The first-order chi connectivity index (χ1) is 9.43. The molecule has 2 rings (SSSR count). The summed E-state index contributed by atoms with van der Waals surface area (Å²) in [6.07, 6.45) is 0.407. The van der Waals surface area contributed by atoms with Gasteiger partial charge in [-0.1, -0.05) is 15.9 Å². The predicted molar refractivity (Wildman–Crippen MR) is 73.3 cm³/mol. The van der Waals surface area contributed by atoms with Crippen molar-refractivity contribution in [1.82, 2.24) is 5.32 Å². The van der Waals surface area contributed by atoms with E-state index in [0.29, 0.717) is 13.0 Å². The highest BCUT2D eigenvalue weighted by atomic mass is 79.9. The number of benzene rings is 1. The Kier molecular flexibility index (Phi) is 4.72. The third-order valence-corrected chi connectivity index (χ3v) is 3.74. The van der Waals surface area contributed by atoms with E-state index in [0.717, 1.165) is 12.1 Å². The summed E-state index contributed by atoms with van der Waals surface area (Å²) in [6, 6.07) is 1.39. The van der Waals surface area contributed by atoms with Crippen LogP contribution in [-0.2, 0) is 4.74 Å². The lowest BCUT2D eigenvalue weighted by Gasteiger charge is -2.42. The van der Waals surface area contributed by atoms with Gasteiger partial charge in [-0.25, -0.2) is 8.78 Å². The molecule has 1 aliphatic carbocycles. The maximum Gasteiger partial charge on any atom is 0.257 e. The van der Waals surface area contributed by atoms with E-state index >= 15 is 0 Å². The number of hydrogen-bond donors (Lipinski definition) is 2. The number of ether oxygens (including phenoxy) is 1. The minimum Gasteiger partial charge on any atom is -0.376 e. The van der Waals surface area contributed by atoms with Crippen molar-refractivity contribution < 1.29 is 18.3 Å². The van der Waals surface area contributed by atoms with Gasteiger partial charge in [0.2, 0.25) is 0 Å². The van der Waals surface area contributed by atoms with Crippen molar-refractivity contribution in [3.05, 3.63) is 33.8 Å². The second kappa shape index (κ2) is 6.15. The maximum atomic E-state index is 13.7. The first kappa shape index (κ1) is 15.3. The highest BCUT2D eigenvalue weighted by Crippen LogP contribution is 2.24. The molecule has 0 saturated heterocycles. The summed E-state index contributed by atoms with van der Waals surface area (Å²) in [5.41, 5.74) is 5.17. The molecule has 7 heteroatoms. The van der Waals surface area contributed by atoms with E-state index in [1.165, 1.54) is 0 Å². The SMILES string of the molecule is CCOC1CC(N)C1NC(=O)c1c(F)cc(Br)cc1F. The van der Waals surface area contributed by atoms with Gasteiger partial charge in [0.15, 0.2) is 0 Å². The van der Waals surface area contributed by atoms with E-state index < -0.39 is 29.1 Å². The van der Waals surface area contributed by atoms with Gasteiger partial charge >= 0.3 is 0 Å². The lowest BCUT2D eigenvalue weighted by Crippen LogP contribution is -2.64. The summed E-state index contributed by atoms with van der Waals surface area (Å²) < 4.78 is 33.0. The van der Waals surface area contributed by atoms with Crippen LogP contribution >= 0.6 is 15.9 Å². The summed E-state index contributed by atoms with van der Waals surface area (Å²) in [7, 11) is 0. The minimum absolute atomic E-state index is 0.208. The summed E-state index contributed by atoms with van der Waals surface area (Å²) >= 11 is 2.96. The number of halogens is 3. The molecule has 1 amide bonds. The van der Waals surface area contributed by atoms with Crippen LogP contribution in [0.15, 0.2) is 16.6 Å². The van der Waals surface area contributed by atoms with Crippen molar-refractivity contribution in [2.45, 2.75) is 31.5 Å². The van der Waals surface area contributed by atoms with Crippen molar-refractivity contribution in [3.8, 4) is 0 Å². The number of nitrogens with one attached hydrogen (secondary N) is 1. The minimum atomic E-state index is -0.921. The number of nitrogens with two attached hydrogens (primary N) is 1. The molecule has 0 spiro atoms. The Hall–Kier alpha value is -1.05. The Labute approximate surface area is 123 Å². The zero-order valence-electron chi connectivity index (χ0n) is 10.8. The van der Waals surface area contributed by atoms with Gasteiger partial charge in [-0.15, -0.1) is 0 Å². The Bertz CT molecular complexity index is 502. The third-order valence-electron chi connectivity index (χ3n) is 3.28. The zero-order chi connectivity index (χ0) is 14.9. The number of rotatable bonds is 4. The molecule has 3 unspecified atom stereocenters. The third kappa shape index (κ3) is 2.99. The van der Waals surface area contributed by atoms with Crippen LogP contribution in [0.2, 0.25) is 0 Å². The van der Waals surface area contributed by atoms with Gasteiger partial charge in [0, 0.05) is 17.1 Å². The van der Waals surface area contributed by atoms with Crippen LogP contribution in [0.5, 0.6) is 0 Å². The molecule has 0 heterocycles. The lowest BCUT2D eigenvalue weighted by atomic mass is 9.83. The summed E-state index contributed by atoms with van der Waals surface area (Å²) in [5.74, 6) is -2.66. The largest absolute Gasteiger partial charge is 0.376 e. The molecule has 4 nitrogen and oxygen atoms in total. The molecule has 1 aromatic rings. The second-order valence-electron chi connectivity index (χ2n) is 4.64. The highest BCUT2D eigenvalue weighted by Gasteiger charge is 2.41. The molecule has 0 bridgehead atoms. The lowest BCUT2D eigenvalue weighted by molar-refractivity contribution is -0.0301. The van der Waals surface area contributed by atoms with Crippen LogP contribution in [-0.4, -0.2) is 30.7 Å². The molecule has 20 heavy (non-hydrogen) atoms. The molecule has 3 N–H and O–H groups in total. The standard InChI is InChI=1S/C13H15BrF2N2O2/c1-2-20-10-5-9(17)12(10)18-13(19)11-7(15)3-6(14)4-8(11)16/h3-4,9-10,12H,2,5,17H2,1H3,(H,18,19). The van der Waals surface area contributed by atoms with E-state index in [1.807, 2.05) is 6.92 Å². The molecular weight excluding hydrogens is 334 g/mol. The van der Waals surface area contributed by atoms with Gasteiger partial charge < -0.3 is 15.8 Å². The summed E-state index contributed by atoms with van der Waals surface area (Å²) in [4.78, 5) is 12.0. The average molecular weight is 349 g/mol. The van der Waals surface area contributed by atoms with Gasteiger partial charge in [0.1, 0.15) is 17.2 Å². The monoisotopic (exact) mass is 348 g/mol. The Morgan fingerprint density at radius 2 is 2.10 bits per heavy atom. The fourth-order valence-corrected chi connectivity index (χ4v) is 2.61. The second-order valence-corrected chi connectivity index (χ2v) is 5.55. The topological polar surface area (TPSA) is 64.3 Å². The van der Waals surface area contributed by atoms with E-state index in [9.17, 15) is 13.6 Å². The molecule has 1 aromatic carbocycles. The molecule has 110 valence electrons. The van der Waals surface area contributed by atoms with Crippen molar-refractivity contribution in [2.75, 3.05) is 6.61 Å². The first-order valence-electron chi connectivity index (χ1n) is 6.26. The van der Waals surface area contributed by atoms with E-state index in [-0.39, 0.29) is 16.6 Å². The highest BCUT2D eigenvalue weighted by molar-refractivity contribution is 9.10. The van der Waals surface area contributed by atoms with E-state index in [4.69, 9.17) is 10.5 Å². The molecule has 1 aliphatic rings. The summed E-state index contributed by atoms with van der Waals surface area (Å²) in [5, 5.41) is 2.53. The molecule has 1 fully saturated rings. The van der Waals surface area contributed by atoms with Crippen LogP contribution in [0.4, 0.5) is 8.78 Å². The number of carbonyl (C=O) groups excluding carboxylic acids is 1. The van der Waals surface area contributed by atoms with Gasteiger partial charge in [0.25, 0.3) is 5.91 Å². The van der Waals surface area contributed by atoms with E-state index in [2.05, 4.69) is 21.2 Å². The zero-order valence-corrected chi connectivity index (χ0v) is 12.4. The van der Waals surface area contributed by atoms with E-state index in [1.54, 1.807) is 0 Å². The fraction of sp³-hybridized carbons (Fsp3) is 0.462. The van der Waals surface area contributed by atoms with Crippen molar-refractivity contribution in [1.29, 1.82) is 0 Å². The van der Waals surface area contributed by atoms with Crippen LogP contribution in [0.25, 0.3) is 0 Å². The van der Waals surface area contributed by atoms with Crippen LogP contribution in [0.3, 0.4) is 0 Å². The van der Waals surface area contributed by atoms with Crippen molar-refractivity contribution in [3.63, 3.8) is 0 Å². The molecule has 0 aliphatic heterocycles. The summed E-state index contributed by atoms with van der Waals surface area (Å²) in [6.45, 7) is 2.32. The van der Waals surface area contributed by atoms with Gasteiger partial charge in [0.05, 0.1) is 12.1 Å². The molecule has 0 radical (unpaired) electrons. The smallest absolute Gasteiger partial charge is 0.257 e. The molecule has 0 aromatic heterocycles. The average Bonchev–Trinajstić information content (AvgIpc) is 2.34. The van der Waals surface area contributed by atoms with Gasteiger partial charge in [-0.2, -0.15) is 0 Å². The van der Waals surface area contributed by atoms with Gasteiger partial charge in [-0.05, 0) is 25.5 Å². The van der Waals surface area contributed by atoms with Crippen molar-refractivity contribution in [2.24, 2.45) is 5.73 Å². The van der Waals surface area contributed by atoms with Gasteiger partial charge in [-0.3, -0.25) is 4.79 Å². The Morgan fingerprint density at radius 3 is 2.60 bits per heavy atom. The van der Waals surface area contributed by atoms with Crippen molar-refractivity contribution >= 4 is 21.8 Å². The number of amides is 1. The molecule has 3 atom stereocenters. The molecular formula is C13H15BrF2N2O2. The van der Waals surface area contributed by atoms with Crippen LogP contribution in [0.1, 0.15) is 23.7 Å². The number of carbonyl (C=O) groups is 1. The number of hydrogen-bond acceptors (Lipinski definition) is 3. The quantitative estimate of drug-likeness (QED) is 0.874. The normalized spacial score (nSPS) is 25.1. The fourth-order valence-electron chi connectivity index (χ4n) is 2.21. The first-order valence-corrected chi connectivity index (χ1v) is 7.06. The Morgan fingerprint density at radius 1 is 1.50 bits per heavy atom. The Balaban J connectivity index is 2.13. The van der Waals surface area contributed by atoms with Crippen LogP contribution < -0.4 is 11.1 Å². The predicted octanol–water partition coefficient (Wildman–Crippen LogP) is 1.96. The maximum absolute atomic E-state index is 13.7. The van der Waals surface area contributed by atoms with Crippen LogP contribution in [0, 0.1) is 11.6 Å².